The van der Waals surface area contributed by atoms with Crippen molar-refractivity contribution in [2.24, 2.45) is 5.92 Å². The smallest absolute Gasteiger partial charge is 0.0552 e. The Morgan fingerprint density at radius 2 is 2.33 bits per heavy atom. The molecule has 0 amide bonds. The van der Waals surface area contributed by atoms with E-state index in [4.69, 9.17) is 9.63 Å². The highest BCUT2D eigenvalue weighted by atomic mass is 31.0. The largest absolute Gasteiger partial charge is 0.396 e. The maximum atomic E-state index is 8.70. The third kappa shape index (κ3) is 4.83. The number of hydrogen-bond acceptors (Lipinski definition) is 2. The Bertz CT molecular complexity index is 53.0. The summed E-state index contributed by atoms with van der Waals surface area (Å²) in [6.07, 6.45) is 2.16. The van der Waals surface area contributed by atoms with Gasteiger partial charge in [-0.05, 0) is 6.42 Å². The minimum Gasteiger partial charge on any atom is -0.396 e. The molecule has 0 aliphatic carbocycles. The molecule has 0 rings (SSSR count). The van der Waals surface area contributed by atoms with Gasteiger partial charge in [0.2, 0.25) is 0 Å². The van der Waals surface area contributed by atoms with Gasteiger partial charge in [0, 0.05) is 22.0 Å². The first kappa shape index (κ1) is 9.35. The van der Waals surface area contributed by atoms with Gasteiger partial charge in [-0.1, -0.05) is 13.3 Å². The molecule has 2 unspecified atom stereocenters. The number of rotatable bonds is 5. The van der Waals surface area contributed by atoms with Crippen LogP contribution >= 0.6 is 9.47 Å². The molecule has 0 aromatic heterocycles. The molecule has 0 bridgehead atoms. The molecule has 3 heteroatoms. The highest BCUT2D eigenvalue weighted by molar-refractivity contribution is 7.09. The molecule has 2 nitrogen and oxygen atoms in total. The third-order valence-electron chi connectivity index (χ3n) is 1.29. The first-order valence-electron chi connectivity index (χ1n) is 3.27. The van der Waals surface area contributed by atoms with Gasteiger partial charge in [-0.25, -0.2) is 0 Å². The van der Waals surface area contributed by atoms with E-state index in [1.165, 1.54) is 0 Å². The lowest BCUT2D eigenvalue weighted by molar-refractivity contribution is 0.167. The van der Waals surface area contributed by atoms with Crippen LogP contribution < -0.4 is 0 Å². The fraction of sp³-hybridized carbons (Fsp3) is 1.00. The average Bonchev–Trinajstić information content (AvgIpc) is 1.88. The molecule has 0 spiro atoms. The van der Waals surface area contributed by atoms with E-state index in [2.05, 4.69) is 16.4 Å². The molecule has 0 saturated carbocycles. The standard InChI is InChI=1S/C6H15O2P/c1-2-3-6(4-7)5-8-9/h6-7H,2-5,9H2,1H3. The number of aliphatic hydroxyl groups is 1. The summed E-state index contributed by atoms with van der Waals surface area (Å²) < 4.78 is 4.80. The van der Waals surface area contributed by atoms with Crippen LogP contribution in [0.5, 0.6) is 0 Å². The van der Waals surface area contributed by atoms with Gasteiger partial charge in [0.05, 0.1) is 6.61 Å². The predicted octanol–water partition coefficient (Wildman–Crippen LogP) is 1.20. The van der Waals surface area contributed by atoms with E-state index in [0.29, 0.717) is 12.5 Å². The maximum Gasteiger partial charge on any atom is 0.0552 e. The van der Waals surface area contributed by atoms with E-state index < -0.39 is 0 Å². The molecule has 1 N–H and O–H groups in total. The van der Waals surface area contributed by atoms with E-state index >= 15 is 0 Å². The summed E-state index contributed by atoms with van der Waals surface area (Å²) in [5.41, 5.74) is 0. The first-order chi connectivity index (χ1) is 4.35. The molecule has 0 aromatic rings. The Kier molecular flexibility index (Phi) is 6.72. The lowest BCUT2D eigenvalue weighted by Crippen LogP contribution is -2.10. The molecular formula is C6H15O2P. The van der Waals surface area contributed by atoms with Crippen LogP contribution in [0.2, 0.25) is 0 Å². The van der Waals surface area contributed by atoms with Gasteiger partial charge in [-0.3, -0.25) is 0 Å². The van der Waals surface area contributed by atoms with E-state index in [-0.39, 0.29) is 6.61 Å². The molecule has 2 atom stereocenters. The second-order valence-electron chi connectivity index (χ2n) is 2.17. The van der Waals surface area contributed by atoms with Crippen molar-refractivity contribution in [3.05, 3.63) is 0 Å². The molecule has 0 aliphatic rings. The van der Waals surface area contributed by atoms with Gasteiger partial charge in [0.25, 0.3) is 0 Å². The minimum atomic E-state index is 0.238. The lowest BCUT2D eigenvalue weighted by Gasteiger charge is -2.09. The van der Waals surface area contributed by atoms with Crippen LogP contribution in [0.25, 0.3) is 0 Å². The zero-order valence-corrected chi connectivity index (χ0v) is 6.99. The molecule has 56 valence electrons. The molecule has 0 saturated heterocycles. The number of hydrogen-bond donors (Lipinski definition) is 1. The summed E-state index contributed by atoms with van der Waals surface area (Å²) in [6.45, 7) is 2.99. The molecule has 0 aliphatic heterocycles. The molecule has 0 fully saturated rings. The van der Waals surface area contributed by atoms with Gasteiger partial charge in [-0.15, -0.1) is 0 Å². The normalized spacial score (nSPS) is 13.7. The van der Waals surface area contributed by atoms with Crippen LogP contribution in [0, 0.1) is 5.92 Å². The minimum absolute atomic E-state index is 0.238. The summed E-state index contributed by atoms with van der Waals surface area (Å²) in [6, 6.07) is 0. The fourth-order valence-corrected chi connectivity index (χ4v) is 1.04. The van der Waals surface area contributed by atoms with Crippen molar-refractivity contribution >= 4 is 9.47 Å². The topological polar surface area (TPSA) is 29.5 Å². The monoisotopic (exact) mass is 150 g/mol. The van der Waals surface area contributed by atoms with Gasteiger partial charge >= 0.3 is 0 Å². The summed E-state index contributed by atoms with van der Waals surface area (Å²) in [4.78, 5) is 0. The van der Waals surface area contributed by atoms with Crippen LogP contribution in [-0.2, 0) is 4.52 Å². The molecule has 9 heavy (non-hydrogen) atoms. The van der Waals surface area contributed by atoms with Crippen LogP contribution in [0.15, 0.2) is 0 Å². The Labute approximate surface area is 58.9 Å². The van der Waals surface area contributed by atoms with Crippen LogP contribution in [-0.4, -0.2) is 18.3 Å². The van der Waals surface area contributed by atoms with Crippen molar-refractivity contribution in [2.45, 2.75) is 19.8 Å². The van der Waals surface area contributed by atoms with E-state index in [1.54, 1.807) is 0 Å². The Morgan fingerprint density at radius 1 is 1.67 bits per heavy atom. The van der Waals surface area contributed by atoms with Crippen molar-refractivity contribution in [1.82, 2.24) is 0 Å². The molecule has 0 aromatic carbocycles. The Balaban J connectivity index is 3.18. The highest BCUT2D eigenvalue weighted by Crippen LogP contribution is 2.06. The summed E-state index contributed by atoms with van der Waals surface area (Å²) in [5, 5.41) is 8.70. The van der Waals surface area contributed by atoms with Gasteiger partial charge in [-0.2, -0.15) is 0 Å². The second kappa shape index (κ2) is 6.47. The lowest BCUT2D eigenvalue weighted by atomic mass is 10.1. The fourth-order valence-electron chi connectivity index (χ4n) is 0.772. The van der Waals surface area contributed by atoms with E-state index in [0.717, 1.165) is 12.8 Å². The molecular weight excluding hydrogens is 135 g/mol. The summed E-state index contributed by atoms with van der Waals surface area (Å²) >= 11 is 0. The number of aliphatic hydroxyl groups excluding tert-OH is 1. The SMILES string of the molecule is CCCC(CO)COP. The van der Waals surface area contributed by atoms with Crippen LogP contribution in [0.4, 0.5) is 0 Å². The van der Waals surface area contributed by atoms with Gasteiger partial charge in [0.1, 0.15) is 0 Å². The maximum absolute atomic E-state index is 8.70. The zero-order chi connectivity index (χ0) is 7.11. The van der Waals surface area contributed by atoms with Gasteiger partial charge in [0.15, 0.2) is 0 Å². The van der Waals surface area contributed by atoms with Crippen LogP contribution in [0.1, 0.15) is 19.8 Å². The van der Waals surface area contributed by atoms with Gasteiger partial charge < -0.3 is 9.63 Å². The summed E-state index contributed by atoms with van der Waals surface area (Å²) in [5.74, 6) is 0.326. The third-order valence-corrected chi connectivity index (χ3v) is 1.48. The van der Waals surface area contributed by atoms with Crippen molar-refractivity contribution in [2.75, 3.05) is 13.2 Å². The Morgan fingerprint density at radius 3 is 2.67 bits per heavy atom. The molecule has 0 heterocycles. The summed E-state index contributed by atoms with van der Waals surface area (Å²) in [7, 11) is 2.19. The van der Waals surface area contributed by atoms with Crippen LogP contribution in [0.3, 0.4) is 0 Å². The first-order valence-corrected chi connectivity index (χ1v) is 3.74. The Hall–Kier alpha value is 0.350. The zero-order valence-electron chi connectivity index (χ0n) is 5.84. The predicted molar refractivity (Wildman–Crippen MR) is 41.1 cm³/mol. The van der Waals surface area contributed by atoms with Crippen molar-refractivity contribution < 1.29 is 9.63 Å². The van der Waals surface area contributed by atoms with Crippen molar-refractivity contribution in [3.8, 4) is 0 Å². The van der Waals surface area contributed by atoms with E-state index in [1.807, 2.05) is 0 Å². The average molecular weight is 150 g/mol. The quantitative estimate of drug-likeness (QED) is 0.597. The highest BCUT2D eigenvalue weighted by Gasteiger charge is 2.03. The van der Waals surface area contributed by atoms with Crippen molar-refractivity contribution in [3.63, 3.8) is 0 Å². The van der Waals surface area contributed by atoms with Crippen molar-refractivity contribution in [1.29, 1.82) is 0 Å². The second-order valence-corrected chi connectivity index (χ2v) is 2.50. The molecule has 0 radical (unpaired) electrons. The van der Waals surface area contributed by atoms with E-state index in [9.17, 15) is 0 Å².